The Balaban J connectivity index is 2.14. The van der Waals surface area contributed by atoms with E-state index in [1.807, 2.05) is 0 Å². The van der Waals surface area contributed by atoms with Gasteiger partial charge >= 0.3 is 0 Å². The Hall–Kier alpha value is 1.14. The second-order valence-electron chi connectivity index (χ2n) is 5.40. The van der Waals surface area contributed by atoms with Gasteiger partial charge in [0.2, 0.25) is 0 Å². The Labute approximate surface area is 153 Å². The van der Waals surface area contributed by atoms with Gasteiger partial charge in [0.05, 0.1) is 0 Å². The van der Waals surface area contributed by atoms with Crippen LogP contribution in [0.15, 0.2) is 16.8 Å². The van der Waals surface area contributed by atoms with Gasteiger partial charge in [-0.3, -0.25) is 0 Å². The lowest BCUT2D eigenvalue weighted by molar-refractivity contribution is 0.580. The lowest BCUT2D eigenvalue weighted by Crippen LogP contribution is -2.20. The second kappa shape index (κ2) is 11.7. The molecule has 1 aromatic heterocycles. The predicted octanol–water partition coefficient (Wildman–Crippen LogP) is 7.33. The van der Waals surface area contributed by atoms with Gasteiger partial charge in [-0.25, -0.2) is 0 Å². The molecule has 0 fully saturated rings. The van der Waals surface area contributed by atoms with Gasteiger partial charge in [0.15, 0.2) is 0 Å². The second-order valence-corrected chi connectivity index (χ2v) is 9.83. The minimum atomic E-state index is 0.511. The first-order valence-electron chi connectivity index (χ1n) is 7.56. The maximum Gasteiger partial charge on any atom is 0.0312 e. The molecule has 116 valence electrons. The van der Waals surface area contributed by atoms with E-state index in [2.05, 4.69) is 71.5 Å². The van der Waals surface area contributed by atoms with E-state index in [1.165, 1.54) is 50.5 Å². The van der Waals surface area contributed by atoms with E-state index in [4.69, 9.17) is 0 Å². The van der Waals surface area contributed by atoms with E-state index < -0.39 is 0 Å². The average molecular weight is 489 g/mol. The molecule has 1 heterocycles. The van der Waals surface area contributed by atoms with Crippen LogP contribution in [0, 0.1) is 0 Å². The molecule has 0 spiro atoms. The number of hydrogen-bond acceptors (Lipinski definition) is 1. The van der Waals surface area contributed by atoms with Gasteiger partial charge in [-0.1, -0.05) is 86.8 Å². The summed E-state index contributed by atoms with van der Waals surface area (Å²) in [6, 6.07) is 2.22. The van der Waals surface area contributed by atoms with Gasteiger partial charge in [0.1, 0.15) is 0 Å². The number of unbranched alkanes of at least 4 members (excludes halogenated alkanes) is 4. The van der Waals surface area contributed by atoms with Crippen molar-refractivity contribution in [1.29, 1.82) is 0 Å². The Morgan fingerprint density at radius 1 is 1.05 bits per heavy atom. The van der Waals surface area contributed by atoms with Gasteiger partial charge in [0, 0.05) is 14.5 Å². The zero-order valence-electron chi connectivity index (χ0n) is 12.2. The molecular weight excluding hydrogens is 464 g/mol. The summed E-state index contributed by atoms with van der Waals surface area (Å²) in [6.45, 7) is 2.27. The SMILES string of the molecule is CCCCCCCC(Br)CC(Br)C(Br)Cc1ccsc1. The van der Waals surface area contributed by atoms with Crippen LogP contribution in [0.1, 0.15) is 57.4 Å². The van der Waals surface area contributed by atoms with Crippen LogP contribution in [-0.4, -0.2) is 14.5 Å². The van der Waals surface area contributed by atoms with Crippen molar-refractivity contribution >= 4 is 59.1 Å². The fourth-order valence-corrected chi connectivity index (χ4v) is 5.38. The lowest BCUT2D eigenvalue weighted by Gasteiger charge is -2.19. The monoisotopic (exact) mass is 486 g/mol. The average Bonchev–Trinajstić information content (AvgIpc) is 2.91. The molecule has 0 aliphatic rings. The third-order valence-corrected chi connectivity index (χ3v) is 7.75. The predicted molar refractivity (Wildman–Crippen MR) is 104 cm³/mol. The van der Waals surface area contributed by atoms with E-state index in [-0.39, 0.29) is 0 Å². The summed E-state index contributed by atoms with van der Waals surface area (Å²) in [5, 5.41) is 4.40. The van der Waals surface area contributed by atoms with Crippen molar-refractivity contribution in [3.05, 3.63) is 22.4 Å². The highest BCUT2D eigenvalue weighted by Crippen LogP contribution is 2.28. The summed E-state index contributed by atoms with van der Waals surface area (Å²) >= 11 is 13.3. The smallest absolute Gasteiger partial charge is 0.0312 e. The van der Waals surface area contributed by atoms with Gasteiger partial charge < -0.3 is 0 Å². The molecule has 0 bridgehead atoms. The first-order valence-corrected chi connectivity index (χ1v) is 11.3. The Morgan fingerprint density at radius 3 is 2.45 bits per heavy atom. The first kappa shape index (κ1) is 19.2. The minimum Gasteiger partial charge on any atom is -0.152 e. The van der Waals surface area contributed by atoms with Crippen molar-refractivity contribution in [2.24, 2.45) is 0 Å². The van der Waals surface area contributed by atoms with Crippen LogP contribution >= 0.6 is 59.1 Å². The van der Waals surface area contributed by atoms with E-state index in [9.17, 15) is 0 Å². The minimum absolute atomic E-state index is 0.511. The van der Waals surface area contributed by atoms with Crippen LogP contribution in [0.3, 0.4) is 0 Å². The van der Waals surface area contributed by atoms with Crippen molar-refractivity contribution in [1.82, 2.24) is 0 Å². The van der Waals surface area contributed by atoms with Crippen LogP contribution < -0.4 is 0 Å². The molecule has 0 aliphatic heterocycles. The Kier molecular flexibility index (Phi) is 11.2. The molecule has 0 amide bonds. The van der Waals surface area contributed by atoms with Gasteiger partial charge in [0.25, 0.3) is 0 Å². The molecule has 0 nitrogen and oxygen atoms in total. The largest absolute Gasteiger partial charge is 0.152 e. The topological polar surface area (TPSA) is 0 Å². The van der Waals surface area contributed by atoms with Gasteiger partial charge in [-0.05, 0) is 41.7 Å². The van der Waals surface area contributed by atoms with Crippen LogP contribution in [0.25, 0.3) is 0 Å². The number of hydrogen-bond donors (Lipinski definition) is 0. The summed E-state index contributed by atoms with van der Waals surface area (Å²) < 4.78 is 0. The molecule has 20 heavy (non-hydrogen) atoms. The third-order valence-electron chi connectivity index (χ3n) is 3.51. The third kappa shape index (κ3) is 8.55. The molecule has 1 rings (SSSR count). The molecule has 0 N–H and O–H groups in total. The highest BCUT2D eigenvalue weighted by Gasteiger charge is 2.19. The number of rotatable bonds is 11. The quantitative estimate of drug-likeness (QED) is 0.226. The zero-order chi connectivity index (χ0) is 14.8. The summed E-state index contributed by atoms with van der Waals surface area (Å²) in [5.41, 5.74) is 1.44. The van der Waals surface area contributed by atoms with E-state index >= 15 is 0 Å². The highest BCUT2D eigenvalue weighted by molar-refractivity contribution is 9.12. The van der Waals surface area contributed by atoms with Crippen molar-refractivity contribution in [2.75, 3.05) is 0 Å². The summed E-state index contributed by atoms with van der Waals surface area (Å²) in [4.78, 5) is 1.68. The summed E-state index contributed by atoms with van der Waals surface area (Å²) in [7, 11) is 0. The normalized spacial score (nSPS) is 16.0. The number of halogens is 3. The maximum atomic E-state index is 3.85. The number of alkyl halides is 3. The Bertz CT molecular complexity index is 326. The molecule has 3 atom stereocenters. The van der Waals surface area contributed by atoms with Crippen LogP contribution in [0.2, 0.25) is 0 Å². The molecule has 0 aliphatic carbocycles. The molecular formula is C16H25Br3S. The fraction of sp³-hybridized carbons (Fsp3) is 0.750. The fourth-order valence-electron chi connectivity index (χ4n) is 2.24. The summed E-state index contributed by atoms with van der Waals surface area (Å²) in [5.74, 6) is 0. The standard InChI is InChI=1S/C16H25Br3S/c1-2-3-4-5-6-7-14(17)11-16(19)15(18)10-13-8-9-20-12-13/h8-9,12,14-16H,2-7,10-11H2,1H3. The molecule has 0 saturated heterocycles. The molecule has 4 heteroatoms. The van der Waals surface area contributed by atoms with Gasteiger partial charge in [-0.2, -0.15) is 11.3 Å². The first-order chi connectivity index (χ1) is 9.63. The molecule has 1 aromatic rings. The molecule has 3 unspecified atom stereocenters. The zero-order valence-corrected chi connectivity index (χ0v) is 17.7. The van der Waals surface area contributed by atoms with Crippen molar-refractivity contribution in [2.45, 2.75) is 72.8 Å². The summed E-state index contributed by atoms with van der Waals surface area (Å²) in [6.07, 6.45) is 10.4. The van der Waals surface area contributed by atoms with Crippen molar-refractivity contribution < 1.29 is 0 Å². The molecule has 0 saturated carbocycles. The van der Waals surface area contributed by atoms with E-state index in [0.717, 1.165) is 6.42 Å². The maximum absolute atomic E-state index is 3.85. The highest BCUT2D eigenvalue weighted by atomic mass is 79.9. The molecule has 0 aromatic carbocycles. The van der Waals surface area contributed by atoms with Crippen LogP contribution in [-0.2, 0) is 6.42 Å². The van der Waals surface area contributed by atoms with E-state index in [0.29, 0.717) is 14.5 Å². The number of thiophene rings is 1. The van der Waals surface area contributed by atoms with Crippen LogP contribution in [0.5, 0.6) is 0 Å². The van der Waals surface area contributed by atoms with Crippen molar-refractivity contribution in [3.8, 4) is 0 Å². The lowest BCUT2D eigenvalue weighted by atomic mass is 10.0. The van der Waals surface area contributed by atoms with Crippen LogP contribution in [0.4, 0.5) is 0 Å². The molecule has 0 radical (unpaired) electrons. The Morgan fingerprint density at radius 2 is 1.80 bits per heavy atom. The van der Waals surface area contributed by atoms with Crippen molar-refractivity contribution in [3.63, 3.8) is 0 Å². The van der Waals surface area contributed by atoms with E-state index in [1.54, 1.807) is 11.3 Å². The van der Waals surface area contributed by atoms with Gasteiger partial charge in [-0.15, -0.1) is 0 Å².